The Morgan fingerprint density at radius 1 is 0.800 bits per heavy atom. The molecule has 2 heterocycles. The summed E-state index contributed by atoms with van der Waals surface area (Å²) in [7, 11) is 0. The lowest BCUT2D eigenvalue weighted by Crippen LogP contribution is -2.11. The van der Waals surface area contributed by atoms with Crippen molar-refractivity contribution >= 4 is 0 Å². The molecule has 0 aromatic carbocycles. The molecule has 0 unspecified atom stereocenters. The van der Waals surface area contributed by atoms with Gasteiger partial charge in [0.2, 0.25) is 0 Å². The van der Waals surface area contributed by atoms with Crippen LogP contribution in [0.5, 0.6) is 0 Å². The second kappa shape index (κ2) is 5.65. The van der Waals surface area contributed by atoms with Gasteiger partial charge in [-0.15, -0.1) is 0 Å². The van der Waals surface area contributed by atoms with Gasteiger partial charge in [-0.25, -0.2) is 19.9 Å². The van der Waals surface area contributed by atoms with E-state index >= 15 is 0 Å². The molecule has 0 spiro atoms. The fraction of sp³-hybridized carbons (Fsp3) is 0.500. The standard InChI is InChI=1S/C16H20N4/c1-11-3-5-13(6-4-11)14-9-19-16(20-10-14)15-17-7-12(2)8-18-15/h7-11,13H,3-6H2,1-2H3. The quantitative estimate of drug-likeness (QED) is 0.836. The monoisotopic (exact) mass is 268 g/mol. The van der Waals surface area contributed by atoms with Crippen LogP contribution in [0, 0.1) is 12.8 Å². The van der Waals surface area contributed by atoms with Gasteiger partial charge in [-0.3, -0.25) is 0 Å². The van der Waals surface area contributed by atoms with Crippen molar-refractivity contribution in [1.29, 1.82) is 0 Å². The van der Waals surface area contributed by atoms with Crippen molar-refractivity contribution in [3.8, 4) is 11.6 Å². The lowest BCUT2D eigenvalue weighted by atomic mass is 9.80. The second-order valence-electron chi connectivity index (χ2n) is 5.88. The fourth-order valence-corrected chi connectivity index (χ4v) is 2.77. The van der Waals surface area contributed by atoms with Gasteiger partial charge in [0.05, 0.1) is 0 Å². The Hall–Kier alpha value is -1.84. The Bertz CT molecular complexity index is 554. The van der Waals surface area contributed by atoms with Crippen LogP contribution in [0.1, 0.15) is 49.7 Å². The van der Waals surface area contributed by atoms with Crippen molar-refractivity contribution in [2.75, 3.05) is 0 Å². The first-order valence-electron chi connectivity index (χ1n) is 7.33. The highest BCUT2D eigenvalue weighted by Crippen LogP contribution is 2.34. The Morgan fingerprint density at radius 3 is 1.85 bits per heavy atom. The predicted octanol–water partition coefficient (Wildman–Crippen LogP) is 3.54. The molecule has 0 bridgehead atoms. The molecule has 0 radical (unpaired) electrons. The Labute approximate surface area is 119 Å². The Kier molecular flexibility index (Phi) is 3.72. The molecule has 2 aromatic rings. The normalized spacial score (nSPS) is 22.7. The number of hydrogen-bond acceptors (Lipinski definition) is 4. The van der Waals surface area contributed by atoms with Gasteiger partial charge in [-0.2, -0.15) is 0 Å². The molecular formula is C16H20N4. The summed E-state index contributed by atoms with van der Waals surface area (Å²) in [5, 5.41) is 0. The Morgan fingerprint density at radius 2 is 1.30 bits per heavy atom. The van der Waals surface area contributed by atoms with E-state index in [0.29, 0.717) is 17.6 Å². The molecule has 104 valence electrons. The molecule has 0 aliphatic heterocycles. The Balaban J connectivity index is 1.76. The van der Waals surface area contributed by atoms with E-state index in [1.54, 1.807) is 12.4 Å². The lowest BCUT2D eigenvalue weighted by molar-refractivity contribution is 0.347. The molecule has 0 amide bonds. The zero-order valence-electron chi connectivity index (χ0n) is 12.1. The zero-order chi connectivity index (χ0) is 13.9. The smallest absolute Gasteiger partial charge is 0.197 e. The van der Waals surface area contributed by atoms with Gasteiger partial charge >= 0.3 is 0 Å². The maximum atomic E-state index is 4.44. The van der Waals surface area contributed by atoms with Crippen LogP contribution in [0.4, 0.5) is 0 Å². The summed E-state index contributed by atoms with van der Waals surface area (Å²) in [6, 6.07) is 0. The van der Waals surface area contributed by atoms with Gasteiger partial charge in [0, 0.05) is 24.8 Å². The predicted molar refractivity (Wildman–Crippen MR) is 78.2 cm³/mol. The number of nitrogens with zero attached hydrogens (tertiary/aromatic N) is 4. The van der Waals surface area contributed by atoms with E-state index in [0.717, 1.165) is 11.5 Å². The fourth-order valence-electron chi connectivity index (χ4n) is 2.77. The number of hydrogen-bond donors (Lipinski definition) is 0. The first-order chi connectivity index (χ1) is 9.72. The first kappa shape index (κ1) is 13.2. The highest BCUT2D eigenvalue weighted by atomic mass is 15.0. The molecular weight excluding hydrogens is 248 g/mol. The largest absolute Gasteiger partial charge is 0.234 e. The molecule has 1 aliphatic rings. The highest BCUT2D eigenvalue weighted by Gasteiger charge is 2.20. The third-order valence-electron chi connectivity index (χ3n) is 4.14. The molecule has 2 aromatic heterocycles. The van der Waals surface area contributed by atoms with E-state index in [2.05, 4.69) is 26.9 Å². The van der Waals surface area contributed by atoms with Gasteiger partial charge in [-0.1, -0.05) is 19.8 Å². The molecule has 20 heavy (non-hydrogen) atoms. The number of aromatic nitrogens is 4. The summed E-state index contributed by atoms with van der Waals surface area (Å²) in [6.07, 6.45) is 12.6. The zero-order valence-corrected chi connectivity index (χ0v) is 12.1. The molecule has 3 rings (SSSR count). The highest BCUT2D eigenvalue weighted by molar-refractivity contribution is 5.42. The molecule has 4 nitrogen and oxygen atoms in total. The van der Waals surface area contributed by atoms with Crippen LogP contribution in [-0.2, 0) is 0 Å². The molecule has 1 saturated carbocycles. The van der Waals surface area contributed by atoms with Crippen molar-refractivity contribution < 1.29 is 0 Å². The third-order valence-corrected chi connectivity index (χ3v) is 4.14. The van der Waals surface area contributed by atoms with Gasteiger partial charge in [0.15, 0.2) is 11.6 Å². The topological polar surface area (TPSA) is 51.6 Å². The van der Waals surface area contributed by atoms with E-state index in [1.165, 1.54) is 31.2 Å². The van der Waals surface area contributed by atoms with E-state index in [9.17, 15) is 0 Å². The van der Waals surface area contributed by atoms with Crippen LogP contribution in [0.2, 0.25) is 0 Å². The first-order valence-corrected chi connectivity index (χ1v) is 7.33. The van der Waals surface area contributed by atoms with E-state index < -0.39 is 0 Å². The minimum atomic E-state index is 0.597. The molecule has 0 N–H and O–H groups in total. The minimum absolute atomic E-state index is 0.597. The van der Waals surface area contributed by atoms with Crippen LogP contribution in [0.3, 0.4) is 0 Å². The van der Waals surface area contributed by atoms with Crippen molar-refractivity contribution in [2.45, 2.75) is 45.4 Å². The number of aryl methyl sites for hydroxylation is 1. The molecule has 0 atom stereocenters. The second-order valence-corrected chi connectivity index (χ2v) is 5.88. The van der Waals surface area contributed by atoms with E-state index in [4.69, 9.17) is 0 Å². The maximum absolute atomic E-state index is 4.44. The van der Waals surface area contributed by atoms with Crippen LogP contribution >= 0.6 is 0 Å². The summed E-state index contributed by atoms with van der Waals surface area (Å²) < 4.78 is 0. The van der Waals surface area contributed by atoms with Crippen LogP contribution < -0.4 is 0 Å². The third kappa shape index (κ3) is 2.84. The average molecular weight is 268 g/mol. The van der Waals surface area contributed by atoms with Gasteiger partial charge in [-0.05, 0) is 42.7 Å². The molecule has 1 fully saturated rings. The summed E-state index contributed by atoms with van der Waals surface area (Å²) in [5.41, 5.74) is 2.30. The van der Waals surface area contributed by atoms with Crippen molar-refractivity contribution in [3.05, 3.63) is 35.9 Å². The van der Waals surface area contributed by atoms with Crippen molar-refractivity contribution in [3.63, 3.8) is 0 Å². The molecule has 4 heteroatoms. The summed E-state index contributed by atoms with van der Waals surface area (Å²) >= 11 is 0. The van der Waals surface area contributed by atoms with Gasteiger partial charge in [0.25, 0.3) is 0 Å². The molecule has 0 saturated heterocycles. The summed E-state index contributed by atoms with van der Waals surface area (Å²) in [5.74, 6) is 2.70. The minimum Gasteiger partial charge on any atom is -0.234 e. The van der Waals surface area contributed by atoms with Crippen LogP contribution in [0.15, 0.2) is 24.8 Å². The number of rotatable bonds is 2. The van der Waals surface area contributed by atoms with Crippen molar-refractivity contribution in [2.24, 2.45) is 5.92 Å². The average Bonchev–Trinajstić information content (AvgIpc) is 2.49. The van der Waals surface area contributed by atoms with Gasteiger partial charge in [0.1, 0.15) is 0 Å². The maximum Gasteiger partial charge on any atom is 0.197 e. The van der Waals surface area contributed by atoms with E-state index in [1.807, 2.05) is 19.3 Å². The lowest BCUT2D eigenvalue weighted by Gasteiger charge is -2.25. The van der Waals surface area contributed by atoms with Crippen LogP contribution in [-0.4, -0.2) is 19.9 Å². The van der Waals surface area contributed by atoms with Crippen molar-refractivity contribution in [1.82, 2.24) is 19.9 Å². The summed E-state index contributed by atoms with van der Waals surface area (Å²) in [6.45, 7) is 4.31. The van der Waals surface area contributed by atoms with Crippen LogP contribution in [0.25, 0.3) is 11.6 Å². The SMILES string of the molecule is Cc1cnc(-c2ncc(C3CCC(C)CC3)cn2)nc1. The van der Waals surface area contributed by atoms with Gasteiger partial charge < -0.3 is 0 Å². The van der Waals surface area contributed by atoms with E-state index in [-0.39, 0.29) is 0 Å². The molecule has 1 aliphatic carbocycles. The summed E-state index contributed by atoms with van der Waals surface area (Å²) in [4.78, 5) is 17.4.